The third-order valence-corrected chi connectivity index (χ3v) is 4.93. The fraction of sp³-hybridized carbons (Fsp3) is 0.588. The molecule has 0 bridgehead atoms. The predicted octanol–water partition coefficient (Wildman–Crippen LogP) is 2.71. The average Bonchev–Trinajstić information content (AvgIpc) is 2.90. The van der Waals surface area contributed by atoms with Crippen molar-refractivity contribution in [3.63, 3.8) is 0 Å². The zero-order valence-electron chi connectivity index (χ0n) is 13.4. The number of nitrogens with zero attached hydrogens (tertiary/aromatic N) is 1. The Kier molecular flexibility index (Phi) is 4.90. The highest BCUT2D eigenvalue weighted by molar-refractivity contribution is 6.31. The van der Waals surface area contributed by atoms with E-state index >= 15 is 0 Å². The van der Waals surface area contributed by atoms with Crippen molar-refractivity contribution in [1.82, 2.24) is 10.2 Å². The molecule has 0 unspecified atom stereocenters. The SMILES string of the molecule is CC(C)[C@H]1CN2C[C@H](NC(=O)c3cc(Cl)ccc3F)C[C@H]2CO1. The van der Waals surface area contributed by atoms with Gasteiger partial charge in [0.1, 0.15) is 5.82 Å². The molecule has 2 saturated heterocycles. The van der Waals surface area contributed by atoms with E-state index in [1.807, 2.05) is 0 Å². The maximum Gasteiger partial charge on any atom is 0.254 e. The summed E-state index contributed by atoms with van der Waals surface area (Å²) in [6.07, 6.45) is 1.07. The van der Waals surface area contributed by atoms with Gasteiger partial charge in [-0.15, -0.1) is 0 Å². The number of carbonyl (C=O) groups is 1. The molecule has 0 radical (unpaired) electrons. The number of nitrogens with one attached hydrogen (secondary N) is 1. The van der Waals surface area contributed by atoms with Crippen LogP contribution in [0.5, 0.6) is 0 Å². The van der Waals surface area contributed by atoms with Gasteiger partial charge in [0.2, 0.25) is 0 Å². The second-order valence-electron chi connectivity index (χ2n) is 6.75. The van der Waals surface area contributed by atoms with Crippen LogP contribution < -0.4 is 5.32 Å². The minimum atomic E-state index is -0.550. The summed E-state index contributed by atoms with van der Waals surface area (Å²) in [4.78, 5) is 14.7. The third kappa shape index (κ3) is 3.67. The van der Waals surface area contributed by atoms with Crippen molar-refractivity contribution in [2.24, 2.45) is 5.92 Å². The molecule has 1 aromatic rings. The van der Waals surface area contributed by atoms with Crippen molar-refractivity contribution in [1.29, 1.82) is 0 Å². The normalized spacial score (nSPS) is 28.0. The Balaban J connectivity index is 1.62. The first-order valence-electron chi connectivity index (χ1n) is 8.05. The Morgan fingerprint density at radius 1 is 1.43 bits per heavy atom. The van der Waals surface area contributed by atoms with Gasteiger partial charge in [0.05, 0.1) is 18.3 Å². The summed E-state index contributed by atoms with van der Waals surface area (Å²) >= 11 is 5.85. The maximum absolute atomic E-state index is 13.8. The molecule has 0 spiro atoms. The lowest BCUT2D eigenvalue weighted by Gasteiger charge is -2.36. The van der Waals surface area contributed by atoms with E-state index in [9.17, 15) is 9.18 Å². The summed E-state index contributed by atoms with van der Waals surface area (Å²) in [7, 11) is 0. The van der Waals surface area contributed by atoms with E-state index in [2.05, 4.69) is 24.1 Å². The van der Waals surface area contributed by atoms with Crippen LogP contribution in [0.3, 0.4) is 0 Å². The Labute approximate surface area is 140 Å². The molecule has 1 amide bonds. The summed E-state index contributed by atoms with van der Waals surface area (Å²) in [5, 5.41) is 3.28. The molecule has 4 nitrogen and oxygen atoms in total. The highest BCUT2D eigenvalue weighted by Crippen LogP contribution is 2.26. The van der Waals surface area contributed by atoms with Gasteiger partial charge in [-0.2, -0.15) is 0 Å². The summed E-state index contributed by atoms with van der Waals surface area (Å²) < 4.78 is 19.7. The molecular weight excluding hydrogens is 319 g/mol. The fourth-order valence-corrected chi connectivity index (χ4v) is 3.51. The van der Waals surface area contributed by atoms with Crippen LogP contribution in [0.15, 0.2) is 18.2 Å². The van der Waals surface area contributed by atoms with E-state index in [1.54, 1.807) is 0 Å². The first-order valence-corrected chi connectivity index (χ1v) is 8.43. The van der Waals surface area contributed by atoms with Crippen LogP contribution in [0.1, 0.15) is 30.6 Å². The average molecular weight is 341 g/mol. The lowest BCUT2D eigenvalue weighted by atomic mass is 10.0. The lowest BCUT2D eigenvalue weighted by molar-refractivity contribution is -0.0683. The number of fused-ring (bicyclic) bond motifs is 1. The fourth-order valence-electron chi connectivity index (χ4n) is 3.34. The molecule has 23 heavy (non-hydrogen) atoms. The quantitative estimate of drug-likeness (QED) is 0.920. The zero-order valence-corrected chi connectivity index (χ0v) is 14.1. The van der Waals surface area contributed by atoms with E-state index in [1.165, 1.54) is 18.2 Å². The number of morpholine rings is 1. The number of carbonyl (C=O) groups excluding carboxylic acids is 1. The zero-order chi connectivity index (χ0) is 16.6. The van der Waals surface area contributed by atoms with Crippen molar-refractivity contribution >= 4 is 17.5 Å². The van der Waals surface area contributed by atoms with Crippen LogP contribution in [0.4, 0.5) is 4.39 Å². The smallest absolute Gasteiger partial charge is 0.254 e. The van der Waals surface area contributed by atoms with E-state index in [0.29, 0.717) is 23.6 Å². The van der Waals surface area contributed by atoms with E-state index < -0.39 is 11.7 Å². The Morgan fingerprint density at radius 2 is 2.22 bits per heavy atom. The number of halogens is 2. The molecule has 0 saturated carbocycles. The number of hydrogen-bond acceptors (Lipinski definition) is 3. The van der Waals surface area contributed by atoms with Gasteiger partial charge >= 0.3 is 0 Å². The lowest BCUT2D eigenvalue weighted by Crippen LogP contribution is -2.48. The summed E-state index contributed by atoms with van der Waals surface area (Å²) in [5.74, 6) is -0.479. The molecule has 3 atom stereocenters. The van der Waals surface area contributed by atoms with Crippen LogP contribution in [0.25, 0.3) is 0 Å². The Hall–Kier alpha value is -1.17. The van der Waals surface area contributed by atoms with Crippen molar-refractivity contribution in [2.75, 3.05) is 19.7 Å². The maximum atomic E-state index is 13.8. The van der Waals surface area contributed by atoms with Crippen LogP contribution >= 0.6 is 11.6 Å². The second-order valence-corrected chi connectivity index (χ2v) is 7.19. The van der Waals surface area contributed by atoms with E-state index in [4.69, 9.17) is 16.3 Å². The van der Waals surface area contributed by atoms with Crippen LogP contribution in [0.2, 0.25) is 5.02 Å². The Bertz CT molecular complexity index is 596. The summed E-state index contributed by atoms with van der Waals surface area (Å²) in [6.45, 7) is 6.68. The van der Waals surface area contributed by atoms with Crippen molar-refractivity contribution in [2.45, 2.75) is 38.5 Å². The molecule has 0 aromatic heterocycles. The van der Waals surface area contributed by atoms with Crippen molar-refractivity contribution < 1.29 is 13.9 Å². The molecular formula is C17H22ClFN2O2. The van der Waals surface area contributed by atoms with Gasteiger partial charge in [0, 0.05) is 30.2 Å². The van der Waals surface area contributed by atoms with Crippen molar-refractivity contribution in [3.05, 3.63) is 34.6 Å². The predicted molar refractivity (Wildman–Crippen MR) is 87.2 cm³/mol. The topological polar surface area (TPSA) is 41.6 Å². The molecule has 0 aliphatic carbocycles. The van der Waals surface area contributed by atoms with Crippen LogP contribution in [0, 0.1) is 11.7 Å². The molecule has 2 fully saturated rings. The minimum Gasteiger partial charge on any atom is -0.375 e. The molecule has 2 heterocycles. The first-order chi connectivity index (χ1) is 10.9. The molecule has 3 rings (SSSR count). The number of rotatable bonds is 3. The van der Waals surface area contributed by atoms with Crippen LogP contribution in [-0.4, -0.2) is 48.7 Å². The number of amides is 1. The molecule has 126 valence electrons. The molecule has 2 aliphatic heterocycles. The Morgan fingerprint density at radius 3 is 2.96 bits per heavy atom. The summed E-state index contributed by atoms with van der Waals surface area (Å²) in [5.41, 5.74) is -0.00122. The molecule has 6 heteroatoms. The molecule has 1 N–H and O–H groups in total. The number of ether oxygens (including phenoxy) is 1. The molecule has 2 aliphatic rings. The van der Waals surface area contributed by atoms with Crippen molar-refractivity contribution in [3.8, 4) is 0 Å². The van der Waals surface area contributed by atoms with Gasteiger partial charge in [-0.25, -0.2) is 4.39 Å². The van der Waals surface area contributed by atoms with Gasteiger partial charge in [-0.05, 0) is 30.5 Å². The van der Waals surface area contributed by atoms with Gasteiger partial charge in [0.15, 0.2) is 0 Å². The number of benzene rings is 1. The van der Waals surface area contributed by atoms with Gasteiger partial charge in [0.25, 0.3) is 5.91 Å². The van der Waals surface area contributed by atoms with Gasteiger partial charge < -0.3 is 10.1 Å². The summed E-state index contributed by atoms with van der Waals surface area (Å²) in [6, 6.07) is 4.37. The standard InChI is InChI=1S/C17H22ClFN2O2/c1-10(2)16-8-21-7-12(6-13(21)9-23-16)20-17(22)14-5-11(18)3-4-15(14)19/h3-5,10,12-13,16H,6-9H2,1-2H3,(H,20,22)/t12-,13+,16-/m1/s1. The van der Waals surface area contributed by atoms with Crippen LogP contribution in [-0.2, 0) is 4.74 Å². The highest BCUT2D eigenvalue weighted by atomic mass is 35.5. The van der Waals surface area contributed by atoms with E-state index in [-0.39, 0.29) is 17.7 Å². The highest BCUT2D eigenvalue weighted by Gasteiger charge is 2.38. The third-order valence-electron chi connectivity index (χ3n) is 4.70. The number of hydrogen-bond donors (Lipinski definition) is 1. The van der Waals surface area contributed by atoms with Gasteiger partial charge in [-0.3, -0.25) is 9.69 Å². The monoisotopic (exact) mass is 340 g/mol. The van der Waals surface area contributed by atoms with E-state index in [0.717, 1.165) is 19.5 Å². The van der Waals surface area contributed by atoms with Gasteiger partial charge in [-0.1, -0.05) is 25.4 Å². The first kappa shape index (κ1) is 16.7. The largest absolute Gasteiger partial charge is 0.375 e. The molecule has 1 aromatic carbocycles. The minimum absolute atomic E-state index is 0.00122. The second kappa shape index (κ2) is 6.75.